The first-order valence-electron chi connectivity index (χ1n) is 6.10. The molecule has 1 aromatic rings. The number of hydrogen-bond donors (Lipinski definition) is 1. The van der Waals surface area contributed by atoms with Gasteiger partial charge in [-0.1, -0.05) is 12.8 Å². The van der Waals surface area contributed by atoms with Crippen LogP contribution in [0.25, 0.3) is 0 Å². The molecule has 1 fully saturated rings. The van der Waals surface area contributed by atoms with Crippen LogP contribution in [0.4, 0.5) is 0 Å². The molecule has 1 aliphatic rings. The largest absolute Gasteiger partial charge is 0.469 e. The van der Waals surface area contributed by atoms with Crippen molar-refractivity contribution >= 4 is 0 Å². The summed E-state index contributed by atoms with van der Waals surface area (Å²) in [5.41, 5.74) is 1.22. The molecule has 3 nitrogen and oxygen atoms in total. The minimum atomic E-state index is -0.161. The van der Waals surface area contributed by atoms with Gasteiger partial charge in [-0.25, -0.2) is 0 Å². The number of likely N-dealkylation sites (N-methyl/N-ethyl adjacent to an activating group) is 1. The third-order valence-electron chi connectivity index (χ3n) is 3.65. The van der Waals surface area contributed by atoms with Gasteiger partial charge in [0.1, 0.15) is 5.76 Å². The van der Waals surface area contributed by atoms with E-state index in [2.05, 4.69) is 11.9 Å². The number of aryl methyl sites for hydroxylation is 1. The van der Waals surface area contributed by atoms with Crippen LogP contribution in [0.15, 0.2) is 16.7 Å². The van der Waals surface area contributed by atoms with Gasteiger partial charge in [-0.15, -0.1) is 0 Å². The standard InChI is InChI=1S/C13H21NO2/c1-10-11(7-8-16-10)9-14(2)12-5-3-4-6-13(12)15/h7-8,12-13,15H,3-6,9H2,1-2H3/t12-,13-/m1/s1. The number of aliphatic hydroxyl groups is 1. The van der Waals surface area contributed by atoms with Crippen molar-refractivity contribution in [3.05, 3.63) is 23.7 Å². The second-order valence-corrected chi connectivity index (χ2v) is 4.84. The zero-order valence-electron chi connectivity index (χ0n) is 10.1. The molecule has 0 unspecified atom stereocenters. The number of rotatable bonds is 3. The quantitative estimate of drug-likeness (QED) is 0.854. The first-order chi connectivity index (χ1) is 7.68. The van der Waals surface area contributed by atoms with Crippen LogP contribution in [0.3, 0.4) is 0 Å². The van der Waals surface area contributed by atoms with Gasteiger partial charge in [0.05, 0.1) is 12.4 Å². The number of aliphatic hydroxyl groups excluding tert-OH is 1. The molecule has 0 saturated heterocycles. The highest BCUT2D eigenvalue weighted by molar-refractivity contribution is 5.15. The van der Waals surface area contributed by atoms with Gasteiger partial charge >= 0.3 is 0 Å². The molecule has 0 aromatic carbocycles. The van der Waals surface area contributed by atoms with Crippen LogP contribution in [0.5, 0.6) is 0 Å². The molecule has 16 heavy (non-hydrogen) atoms. The Hall–Kier alpha value is -0.800. The van der Waals surface area contributed by atoms with E-state index < -0.39 is 0 Å². The van der Waals surface area contributed by atoms with Gasteiger partial charge in [-0.2, -0.15) is 0 Å². The van der Waals surface area contributed by atoms with Gasteiger partial charge in [-0.05, 0) is 32.9 Å². The lowest BCUT2D eigenvalue weighted by atomic mass is 9.91. The zero-order chi connectivity index (χ0) is 11.5. The Morgan fingerprint density at radius 1 is 1.44 bits per heavy atom. The van der Waals surface area contributed by atoms with Crippen molar-refractivity contribution in [1.29, 1.82) is 0 Å². The van der Waals surface area contributed by atoms with Crippen molar-refractivity contribution in [2.75, 3.05) is 7.05 Å². The molecular weight excluding hydrogens is 202 g/mol. The highest BCUT2D eigenvalue weighted by Crippen LogP contribution is 2.24. The maximum atomic E-state index is 9.97. The number of nitrogens with zero attached hydrogens (tertiary/aromatic N) is 1. The normalized spacial score (nSPS) is 26.2. The summed E-state index contributed by atoms with van der Waals surface area (Å²) in [7, 11) is 2.09. The highest BCUT2D eigenvalue weighted by Gasteiger charge is 2.26. The Balaban J connectivity index is 1.96. The van der Waals surface area contributed by atoms with E-state index in [1.54, 1.807) is 6.26 Å². The van der Waals surface area contributed by atoms with E-state index in [4.69, 9.17) is 4.42 Å². The second-order valence-electron chi connectivity index (χ2n) is 4.84. The molecule has 0 bridgehead atoms. The summed E-state index contributed by atoms with van der Waals surface area (Å²) in [5, 5.41) is 9.97. The summed E-state index contributed by atoms with van der Waals surface area (Å²) in [6.45, 7) is 2.85. The average Bonchev–Trinajstić information content (AvgIpc) is 2.65. The Morgan fingerprint density at radius 2 is 2.19 bits per heavy atom. The lowest BCUT2D eigenvalue weighted by molar-refractivity contribution is 0.0286. The average molecular weight is 223 g/mol. The van der Waals surface area contributed by atoms with Gasteiger partial charge in [0.25, 0.3) is 0 Å². The van der Waals surface area contributed by atoms with Crippen molar-refractivity contribution in [3.63, 3.8) is 0 Å². The fraction of sp³-hybridized carbons (Fsp3) is 0.692. The monoisotopic (exact) mass is 223 g/mol. The summed E-state index contributed by atoms with van der Waals surface area (Å²) in [6, 6.07) is 2.32. The second kappa shape index (κ2) is 5.02. The van der Waals surface area contributed by atoms with Gasteiger partial charge in [-0.3, -0.25) is 4.90 Å². The summed E-state index contributed by atoms with van der Waals surface area (Å²) < 4.78 is 5.29. The van der Waals surface area contributed by atoms with E-state index in [1.165, 1.54) is 12.0 Å². The summed E-state index contributed by atoms with van der Waals surface area (Å²) in [5.74, 6) is 0.983. The molecule has 0 aliphatic heterocycles. The minimum Gasteiger partial charge on any atom is -0.469 e. The van der Waals surface area contributed by atoms with Crippen molar-refractivity contribution < 1.29 is 9.52 Å². The fourth-order valence-electron chi connectivity index (χ4n) is 2.57. The fourth-order valence-corrected chi connectivity index (χ4v) is 2.57. The maximum Gasteiger partial charge on any atom is 0.105 e. The molecule has 0 spiro atoms. The number of furan rings is 1. The van der Waals surface area contributed by atoms with Crippen LogP contribution in [0.2, 0.25) is 0 Å². The first-order valence-corrected chi connectivity index (χ1v) is 6.10. The van der Waals surface area contributed by atoms with Gasteiger partial charge in [0.2, 0.25) is 0 Å². The molecule has 1 saturated carbocycles. The summed E-state index contributed by atoms with van der Waals surface area (Å²) >= 11 is 0. The molecule has 1 N–H and O–H groups in total. The Labute approximate surface area is 97.1 Å². The van der Waals surface area contributed by atoms with Gasteiger partial charge in [0, 0.05) is 18.2 Å². The van der Waals surface area contributed by atoms with Crippen LogP contribution in [-0.4, -0.2) is 29.2 Å². The first kappa shape index (κ1) is 11.7. The van der Waals surface area contributed by atoms with Gasteiger partial charge in [0.15, 0.2) is 0 Å². The Kier molecular flexibility index (Phi) is 3.66. The van der Waals surface area contributed by atoms with Crippen LogP contribution < -0.4 is 0 Å². The Morgan fingerprint density at radius 3 is 2.81 bits per heavy atom. The van der Waals surface area contributed by atoms with Crippen LogP contribution in [-0.2, 0) is 6.54 Å². The van der Waals surface area contributed by atoms with Crippen molar-refractivity contribution in [1.82, 2.24) is 4.90 Å². The predicted octanol–water partition coefficient (Wildman–Crippen LogP) is 2.32. The third-order valence-corrected chi connectivity index (χ3v) is 3.65. The maximum absolute atomic E-state index is 9.97. The smallest absolute Gasteiger partial charge is 0.105 e. The van der Waals surface area contributed by atoms with Crippen LogP contribution in [0, 0.1) is 6.92 Å². The van der Waals surface area contributed by atoms with E-state index in [9.17, 15) is 5.11 Å². The molecule has 0 radical (unpaired) electrons. The summed E-state index contributed by atoms with van der Waals surface area (Å²) in [4.78, 5) is 2.25. The van der Waals surface area contributed by atoms with E-state index in [0.717, 1.165) is 31.6 Å². The van der Waals surface area contributed by atoms with E-state index in [-0.39, 0.29) is 6.10 Å². The molecule has 3 heteroatoms. The molecule has 0 amide bonds. The number of hydrogen-bond acceptors (Lipinski definition) is 3. The molecule has 1 aromatic heterocycles. The molecule has 1 aliphatic carbocycles. The Bertz CT molecular complexity index is 334. The molecule has 2 rings (SSSR count). The third kappa shape index (κ3) is 2.47. The van der Waals surface area contributed by atoms with Crippen molar-refractivity contribution in [2.24, 2.45) is 0 Å². The van der Waals surface area contributed by atoms with Crippen LogP contribution >= 0.6 is 0 Å². The highest BCUT2D eigenvalue weighted by atomic mass is 16.3. The SMILES string of the molecule is Cc1occc1CN(C)[C@@H]1CCCC[C@H]1O. The molecule has 1 heterocycles. The lowest BCUT2D eigenvalue weighted by Crippen LogP contribution is -2.42. The van der Waals surface area contributed by atoms with E-state index in [0.29, 0.717) is 6.04 Å². The predicted molar refractivity (Wildman–Crippen MR) is 63.2 cm³/mol. The molecule has 90 valence electrons. The lowest BCUT2D eigenvalue weighted by Gasteiger charge is -2.35. The van der Waals surface area contributed by atoms with E-state index >= 15 is 0 Å². The minimum absolute atomic E-state index is 0.161. The summed E-state index contributed by atoms with van der Waals surface area (Å²) in [6.07, 6.45) is 6.02. The van der Waals surface area contributed by atoms with Crippen LogP contribution in [0.1, 0.15) is 37.0 Å². The zero-order valence-corrected chi connectivity index (χ0v) is 10.1. The van der Waals surface area contributed by atoms with E-state index in [1.807, 2.05) is 13.0 Å². The van der Waals surface area contributed by atoms with Crippen molar-refractivity contribution in [3.8, 4) is 0 Å². The molecular formula is C13H21NO2. The topological polar surface area (TPSA) is 36.6 Å². The van der Waals surface area contributed by atoms with Gasteiger partial charge < -0.3 is 9.52 Å². The molecule has 2 atom stereocenters. The van der Waals surface area contributed by atoms with Crippen molar-refractivity contribution in [2.45, 2.75) is 51.3 Å².